The van der Waals surface area contributed by atoms with Gasteiger partial charge >= 0.3 is 0 Å². The molecule has 0 radical (unpaired) electrons. The molecule has 0 unspecified atom stereocenters. The zero-order valence-corrected chi connectivity index (χ0v) is 20.4. The molecule has 3 saturated heterocycles. The largest absolute Gasteiger partial charge is 0.379 e. The Morgan fingerprint density at radius 2 is 1.15 bits per heavy atom. The number of hydrogen-bond donors (Lipinski definition) is 0. The number of nitrogens with zero attached hydrogens (tertiary/aromatic N) is 6. The van der Waals surface area contributed by atoms with E-state index in [0.717, 1.165) is 58.2 Å². The third-order valence-corrected chi connectivity index (χ3v) is 10.1. The minimum atomic E-state index is -2.37. The molecule has 9 nitrogen and oxygen atoms in total. The smallest absolute Gasteiger partial charge is 0.156 e. The van der Waals surface area contributed by atoms with Crippen LogP contribution in [0.5, 0.6) is 0 Å². The predicted octanol–water partition coefficient (Wildman–Crippen LogP) is 3.54. The fourth-order valence-corrected chi connectivity index (χ4v) is 8.13. The zero-order valence-electron chi connectivity index (χ0n) is 19.5. The van der Waals surface area contributed by atoms with Crippen LogP contribution in [-0.4, -0.2) is 88.3 Å². The van der Waals surface area contributed by atoms with Crippen molar-refractivity contribution in [3.05, 3.63) is 54.6 Å². The van der Waals surface area contributed by atoms with Gasteiger partial charge in [-0.25, -0.2) is 9.34 Å². The minimum Gasteiger partial charge on any atom is -0.379 e. The summed E-state index contributed by atoms with van der Waals surface area (Å²) in [5.74, 6) is 0. The Bertz CT molecular complexity index is 964. The number of morpholine rings is 3. The van der Waals surface area contributed by atoms with Crippen molar-refractivity contribution in [2.24, 2.45) is 15.2 Å². The minimum absolute atomic E-state index is 0.698. The van der Waals surface area contributed by atoms with E-state index in [1.807, 2.05) is 30.3 Å². The van der Waals surface area contributed by atoms with Crippen molar-refractivity contribution >= 4 is 24.0 Å². The fraction of sp³-hybridized carbons (Fsp3) is 0.500. The summed E-state index contributed by atoms with van der Waals surface area (Å²) < 4.78 is 21.9. The summed E-state index contributed by atoms with van der Waals surface area (Å²) in [4.78, 5) is 7.46. The average molecular weight is 485 g/mol. The zero-order chi connectivity index (χ0) is 23.1. The van der Waals surface area contributed by atoms with Gasteiger partial charge < -0.3 is 19.1 Å². The molecule has 0 amide bonds. The van der Waals surface area contributed by atoms with Gasteiger partial charge in [0.05, 0.1) is 45.3 Å². The van der Waals surface area contributed by atoms with Crippen LogP contribution in [0.4, 0.5) is 11.4 Å². The van der Waals surface area contributed by atoms with Crippen LogP contribution in [-0.2, 0) is 14.2 Å². The van der Waals surface area contributed by atoms with Gasteiger partial charge in [0.1, 0.15) is 0 Å². The molecule has 2 aromatic rings. The van der Waals surface area contributed by atoms with Gasteiger partial charge in [-0.1, -0.05) is 18.2 Å². The van der Waals surface area contributed by atoms with E-state index >= 15 is 0 Å². The van der Waals surface area contributed by atoms with Crippen LogP contribution in [0.25, 0.3) is 0 Å². The molecule has 10 heteroatoms. The Morgan fingerprint density at radius 3 is 1.71 bits per heavy atom. The summed E-state index contributed by atoms with van der Waals surface area (Å²) in [5.41, 5.74) is 2.02. The van der Waals surface area contributed by atoms with Gasteiger partial charge in [0.25, 0.3) is 0 Å². The van der Waals surface area contributed by atoms with E-state index in [4.69, 9.17) is 19.1 Å². The standard InChI is InChI=1S/C24H33N6O3P/c1-2-4-22(5-3-1)25-26-27-34(29-12-18-32-19-13-29,30-14-20-33-21-15-30)24-8-6-23(7-9-24)28-10-16-31-17-11-28/h1-9H,10-21H2. The maximum atomic E-state index is 5.71. The lowest BCUT2D eigenvalue weighted by atomic mass is 10.2. The number of hydrogen-bond acceptors (Lipinski definition) is 5. The second kappa shape index (κ2) is 11.5. The van der Waals surface area contributed by atoms with E-state index in [-0.39, 0.29) is 0 Å². The third-order valence-electron chi connectivity index (χ3n) is 6.42. The lowest BCUT2D eigenvalue weighted by molar-refractivity contribution is 0.0577. The van der Waals surface area contributed by atoms with Crippen molar-refractivity contribution in [3.8, 4) is 0 Å². The first kappa shape index (κ1) is 23.6. The summed E-state index contributed by atoms with van der Waals surface area (Å²) >= 11 is 0. The lowest BCUT2D eigenvalue weighted by Gasteiger charge is -2.45. The van der Waals surface area contributed by atoms with Crippen LogP contribution < -0.4 is 10.2 Å². The normalized spacial score (nSPS) is 21.1. The van der Waals surface area contributed by atoms with E-state index in [1.165, 1.54) is 11.0 Å². The van der Waals surface area contributed by atoms with Crippen molar-refractivity contribution in [2.75, 3.05) is 83.8 Å². The van der Waals surface area contributed by atoms with Gasteiger partial charge in [-0.3, -0.25) is 0 Å². The molecule has 5 rings (SSSR count). The molecule has 3 fully saturated rings. The Morgan fingerprint density at radius 1 is 0.618 bits per heavy atom. The molecule has 2 aromatic carbocycles. The molecule has 3 heterocycles. The molecule has 0 aliphatic carbocycles. The second-order valence-corrected chi connectivity index (χ2v) is 11.4. The van der Waals surface area contributed by atoms with Crippen molar-refractivity contribution in [3.63, 3.8) is 0 Å². The summed E-state index contributed by atoms with van der Waals surface area (Å²) in [6.07, 6.45) is 0. The second-order valence-electron chi connectivity index (χ2n) is 8.43. The van der Waals surface area contributed by atoms with E-state index in [1.54, 1.807) is 0 Å². The molecule has 0 spiro atoms. The molecule has 0 aromatic heterocycles. The van der Waals surface area contributed by atoms with Crippen molar-refractivity contribution in [2.45, 2.75) is 0 Å². The molecule has 34 heavy (non-hydrogen) atoms. The van der Waals surface area contributed by atoms with Crippen LogP contribution in [0.2, 0.25) is 0 Å². The summed E-state index contributed by atoms with van der Waals surface area (Å²) in [6.45, 7) is 9.46. The molecule has 3 aliphatic rings. The van der Waals surface area contributed by atoms with Crippen molar-refractivity contribution in [1.82, 2.24) is 9.34 Å². The molecule has 0 atom stereocenters. The Hall–Kier alpha value is -2.13. The highest BCUT2D eigenvalue weighted by Gasteiger charge is 2.39. The lowest BCUT2D eigenvalue weighted by Crippen LogP contribution is -2.46. The predicted molar refractivity (Wildman–Crippen MR) is 134 cm³/mol. The maximum absolute atomic E-state index is 5.71. The van der Waals surface area contributed by atoms with Gasteiger partial charge in [-0.15, -0.1) is 9.97 Å². The molecule has 0 bridgehead atoms. The van der Waals surface area contributed by atoms with Crippen LogP contribution in [0.15, 0.2) is 69.8 Å². The SMILES string of the molecule is c1ccc(N=NN=P(c2ccc(N3CCOCC3)cc2)(N2CCOCC2)N2CCOCC2)cc1. The monoisotopic (exact) mass is 484 g/mol. The van der Waals surface area contributed by atoms with Gasteiger partial charge in [-0.05, 0) is 41.6 Å². The molecule has 182 valence electrons. The summed E-state index contributed by atoms with van der Waals surface area (Å²) in [7, 11) is -2.37. The van der Waals surface area contributed by atoms with Gasteiger partial charge in [0, 0.05) is 50.3 Å². The average Bonchev–Trinajstić information content (AvgIpc) is 2.93. The first-order chi connectivity index (χ1) is 16.9. The highest BCUT2D eigenvalue weighted by molar-refractivity contribution is 7.69. The van der Waals surface area contributed by atoms with Crippen LogP contribution in [0, 0.1) is 0 Å². The number of rotatable bonds is 6. The Labute approximate surface area is 201 Å². The van der Waals surface area contributed by atoms with E-state index in [2.05, 4.69) is 48.8 Å². The number of benzene rings is 2. The summed E-state index contributed by atoms with van der Waals surface area (Å²) in [5, 5.41) is 10.1. The van der Waals surface area contributed by atoms with Crippen LogP contribution in [0.3, 0.4) is 0 Å². The summed E-state index contributed by atoms with van der Waals surface area (Å²) in [6, 6.07) is 18.7. The Balaban J connectivity index is 1.56. The Kier molecular flexibility index (Phi) is 8.01. The van der Waals surface area contributed by atoms with Crippen LogP contribution in [0.1, 0.15) is 0 Å². The maximum Gasteiger partial charge on any atom is 0.156 e. The van der Waals surface area contributed by atoms with Gasteiger partial charge in [0.2, 0.25) is 0 Å². The first-order valence-electron chi connectivity index (χ1n) is 12.0. The van der Waals surface area contributed by atoms with Crippen molar-refractivity contribution < 1.29 is 14.2 Å². The highest BCUT2D eigenvalue weighted by atomic mass is 31.2. The third kappa shape index (κ3) is 5.25. The quantitative estimate of drug-likeness (QED) is 0.355. The topological polar surface area (TPSA) is 74.5 Å². The molecule has 0 saturated carbocycles. The molecular formula is C24H33N6O3P. The van der Waals surface area contributed by atoms with E-state index in [0.29, 0.717) is 26.4 Å². The first-order valence-corrected chi connectivity index (χ1v) is 13.7. The highest BCUT2D eigenvalue weighted by Crippen LogP contribution is 2.56. The number of anilines is 1. The molecule has 0 N–H and O–H groups in total. The van der Waals surface area contributed by atoms with Gasteiger partial charge in [-0.2, -0.15) is 0 Å². The van der Waals surface area contributed by atoms with Crippen LogP contribution >= 0.6 is 7.36 Å². The van der Waals surface area contributed by atoms with Gasteiger partial charge in [0.15, 0.2) is 7.36 Å². The van der Waals surface area contributed by atoms with E-state index in [9.17, 15) is 0 Å². The van der Waals surface area contributed by atoms with E-state index < -0.39 is 7.36 Å². The fourth-order valence-electron chi connectivity index (χ4n) is 4.64. The molecule has 3 aliphatic heterocycles. The van der Waals surface area contributed by atoms with Crippen molar-refractivity contribution in [1.29, 1.82) is 0 Å². The molecular weight excluding hydrogens is 451 g/mol. The number of ether oxygens (including phenoxy) is 3.